The van der Waals surface area contributed by atoms with Crippen LogP contribution in [-0.4, -0.2) is 67.3 Å². The number of thiazole rings is 1. The van der Waals surface area contributed by atoms with Gasteiger partial charge in [0.25, 0.3) is 5.91 Å². The predicted molar refractivity (Wildman–Crippen MR) is 148 cm³/mol. The van der Waals surface area contributed by atoms with Crippen molar-refractivity contribution in [3.8, 4) is 0 Å². The summed E-state index contributed by atoms with van der Waals surface area (Å²) in [6.45, 7) is 3.80. The third-order valence-corrected chi connectivity index (χ3v) is 7.81. The molecule has 0 bridgehead atoms. The number of aliphatic hydroxyl groups excluding tert-OH is 1. The highest BCUT2D eigenvalue weighted by Crippen LogP contribution is 2.26. The van der Waals surface area contributed by atoms with Crippen LogP contribution in [0.5, 0.6) is 0 Å². The Bertz CT molecular complexity index is 1240. The third kappa shape index (κ3) is 7.01. The fraction of sp³-hybridized carbons (Fsp3) is 0.379. The number of imide groups is 1. The number of carbonyl (C=O) groups excluding carboxylic acids is 2. The molecule has 4 rings (SSSR count). The van der Waals surface area contributed by atoms with Crippen LogP contribution in [-0.2, 0) is 24.2 Å². The van der Waals surface area contributed by atoms with Crippen LogP contribution in [0, 0.1) is 5.92 Å². The van der Waals surface area contributed by atoms with Gasteiger partial charge in [-0.2, -0.15) is 0 Å². The lowest BCUT2D eigenvalue weighted by molar-refractivity contribution is -0.130. The lowest BCUT2D eigenvalue weighted by Gasteiger charge is -2.36. The Balaban J connectivity index is 1.66. The Hall–Kier alpha value is -3.76. The monoisotopic (exact) mass is 550 g/mol. The highest BCUT2D eigenvalue weighted by atomic mass is 32.1. The molecule has 0 saturated carbocycles. The van der Waals surface area contributed by atoms with Crippen LogP contribution in [0.15, 0.2) is 72.4 Å². The normalized spacial score (nSPS) is 17.6. The second-order valence-corrected chi connectivity index (χ2v) is 11.1. The molecule has 2 aromatic carbocycles. The zero-order valence-electron chi connectivity index (χ0n) is 22.0. The molecule has 3 N–H and O–H groups in total. The minimum Gasteiger partial charge on any atom is -0.465 e. The lowest BCUT2D eigenvalue weighted by atomic mass is 9.91. The maximum Gasteiger partial charge on any atom is 0.407 e. The van der Waals surface area contributed by atoms with E-state index in [1.54, 1.807) is 11.7 Å². The second kappa shape index (κ2) is 12.9. The molecule has 3 aromatic rings. The largest absolute Gasteiger partial charge is 0.465 e. The maximum absolute atomic E-state index is 13.3. The number of hydrogen-bond donors (Lipinski definition) is 3. The minimum absolute atomic E-state index is 0.0167. The Morgan fingerprint density at radius 2 is 1.67 bits per heavy atom. The summed E-state index contributed by atoms with van der Waals surface area (Å²) < 4.78 is 0. The van der Waals surface area contributed by atoms with Gasteiger partial charge in [0.05, 0.1) is 24.2 Å². The van der Waals surface area contributed by atoms with Gasteiger partial charge in [0.2, 0.25) is 0 Å². The maximum atomic E-state index is 13.3. The number of aromatic nitrogens is 1. The van der Waals surface area contributed by atoms with E-state index in [1.165, 1.54) is 21.1 Å². The summed E-state index contributed by atoms with van der Waals surface area (Å²) in [5, 5.41) is 24.7. The molecule has 0 unspecified atom stereocenters. The number of benzene rings is 2. The van der Waals surface area contributed by atoms with Crippen LogP contribution in [0.1, 0.15) is 36.3 Å². The molecular formula is C29H34N4O5S. The predicted octanol–water partition coefficient (Wildman–Crippen LogP) is 4.17. The number of urea groups is 1. The molecule has 0 aliphatic carbocycles. The molecule has 4 atom stereocenters. The zero-order valence-corrected chi connectivity index (χ0v) is 22.8. The van der Waals surface area contributed by atoms with Crippen molar-refractivity contribution in [2.45, 2.75) is 63.9 Å². The van der Waals surface area contributed by atoms with E-state index in [4.69, 9.17) is 0 Å². The Morgan fingerprint density at radius 3 is 2.18 bits per heavy atom. The van der Waals surface area contributed by atoms with Gasteiger partial charge in [0, 0.05) is 17.1 Å². The number of carboxylic acid groups (broad SMARTS) is 1. The SMILES string of the molecule is CC(C)[C@@H]1NC(=O)N([C@@H](Cc2ccccc2)C[C@H](O)[C@H](Cc2ccccc2)N(Cc2cncs2)C(=O)O)C1=O. The van der Waals surface area contributed by atoms with E-state index in [0.717, 1.165) is 16.0 Å². The van der Waals surface area contributed by atoms with E-state index in [0.29, 0.717) is 6.42 Å². The van der Waals surface area contributed by atoms with Gasteiger partial charge in [0.15, 0.2) is 0 Å². The number of nitrogens with one attached hydrogen (secondary N) is 1. The van der Waals surface area contributed by atoms with Crippen LogP contribution in [0.3, 0.4) is 0 Å². The van der Waals surface area contributed by atoms with Crippen LogP contribution in [0.4, 0.5) is 9.59 Å². The quantitative estimate of drug-likeness (QED) is 0.291. The summed E-state index contributed by atoms with van der Waals surface area (Å²) in [5.74, 6) is -0.427. The first-order valence-corrected chi connectivity index (χ1v) is 13.9. The van der Waals surface area contributed by atoms with Crippen molar-refractivity contribution < 1.29 is 24.6 Å². The molecule has 0 radical (unpaired) electrons. The first-order valence-electron chi connectivity index (χ1n) is 13.0. The molecule has 4 amide bonds. The zero-order chi connectivity index (χ0) is 27.9. The number of aliphatic hydroxyl groups is 1. The molecule has 39 heavy (non-hydrogen) atoms. The Labute approximate surface area is 232 Å². The first kappa shape index (κ1) is 28.3. The van der Waals surface area contributed by atoms with Crippen molar-refractivity contribution in [2.24, 2.45) is 5.92 Å². The topological polar surface area (TPSA) is 123 Å². The average Bonchev–Trinajstić information content (AvgIpc) is 3.54. The number of nitrogens with zero attached hydrogens (tertiary/aromatic N) is 3. The number of amides is 4. The molecule has 1 fully saturated rings. The van der Waals surface area contributed by atoms with Gasteiger partial charge >= 0.3 is 12.1 Å². The molecule has 1 saturated heterocycles. The summed E-state index contributed by atoms with van der Waals surface area (Å²) in [6.07, 6.45) is -0.103. The lowest BCUT2D eigenvalue weighted by Crippen LogP contribution is -2.51. The number of hydrogen-bond acceptors (Lipinski definition) is 6. The first-order chi connectivity index (χ1) is 18.7. The minimum atomic E-state index is -1.17. The van der Waals surface area contributed by atoms with Gasteiger partial charge in [0.1, 0.15) is 6.04 Å². The van der Waals surface area contributed by atoms with Crippen LogP contribution >= 0.6 is 11.3 Å². The fourth-order valence-corrected chi connectivity index (χ4v) is 5.63. The summed E-state index contributed by atoms with van der Waals surface area (Å²) in [6, 6.07) is 16.2. The van der Waals surface area contributed by atoms with E-state index >= 15 is 0 Å². The van der Waals surface area contributed by atoms with Gasteiger partial charge in [-0.3, -0.25) is 19.6 Å². The number of rotatable bonds is 12. The van der Waals surface area contributed by atoms with Crippen LogP contribution in [0.25, 0.3) is 0 Å². The van der Waals surface area contributed by atoms with E-state index in [1.807, 2.05) is 74.5 Å². The molecular weight excluding hydrogens is 516 g/mol. The van der Waals surface area contributed by atoms with E-state index in [9.17, 15) is 24.6 Å². The van der Waals surface area contributed by atoms with Gasteiger partial charge < -0.3 is 15.5 Å². The molecule has 10 heteroatoms. The van der Waals surface area contributed by atoms with Crippen molar-refractivity contribution in [1.82, 2.24) is 20.1 Å². The Morgan fingerprint density at radius 1 is 1.05 bits per heavy atom. The van der Waals surface area contributed by atoms with Crippen molar-refractivity contribution in [1.29, 1.82) is 0 Å². The smallest absolute Gasteiger partial charge is 0.407 e. The van der Waals surface area contributed by atoms with Crippen LogP contribution < -0.4 is 5.32 Å². The van der Waals surface area contributed by atoms with Crippen LogP contribution in [0.2, 0.25) is 0 Å². The summed E-state index contributed by atoms with van der Waals surface area (Å²) in [7, 11) is 0. The van der Waals surface area contributed by atoms with E-state index in [2.05, 4.69) is 10.3 Å². The molecule has 206 valence electrons. The molecule has 0 spiro atoms. The van der Waals surface area contributed by atoms with Gasteiger partial charge in [-0.1, -0.05) is 74.5 Å². The molecule has 2 heterocycles. The average molecular weight is 551 g/mol. The molecule has 1 aliphatic rings. The van der Waals surface area contributed by atoms with Gasteiger partial charge in [-0.05, 0) is 36.3 Å². The summed E-state index contributed by atoms with van der Waals surface area (Å²) in [5.41, 5.74) is 3.41. The molecule has 1 aliphatic heterocycles. The van der Waals surface area contributed by atoms with Crippen molar-refractivity contribution in [2.75, 3.05) is 0 Å². The third-order valence-electron chi connectivity index (χ3n) is 7.05. The summed E-state index contributed by atoms with van der Waals surface area (Å²) >= 11 is 1.34. The highest BCUT2D eigenvalue weighted by molar-refractivity contribution is 7.09. The standard InChI is InChI=1S/C29H34N4O5S/c1-19(2)26-27(35)33(28(36)31-26)22(13-20-9-5-3-6-10-20)15-25(34)24(14-21-11-7-4-8-12-21)32(29(37)38)17-23-16-30-18-39-23/h3-12,16,18-19,22,24-26,34H,13-15,17H2,1-2H3,(H,31,36)(H,37,38)/t22-,24-,25-,26-/m0/s1. The van der Waals surface area contributed by atoms with Gasteiger partial charge in [-0.15, -0.1) is 11.3 Å². The van der Waals surface area contributed by atoms with Crippen molar-refractivity contribution >= 4 is 29.4 Å². The second-order valence-electron chi connectivity index (χ2n) is 10.2. The van der Waals surface area contributed by atoms with Gasteiger partial charge in [-0.25, -0.2) is 9.59 Å². The molecule has 9 nitrogen and oxygen atoms in total. The molecule has 1 aromatic heterocycles. The summed E-state index contributed by atoms with van der Waals surface area (Å²) in [4.78, 5) is 46.1. The Kier molecular flexibility index (Phi) is 9.32. The highest BCUT2D eigenvalue weighted by Gasteiger charge is 2.44. The van der Waals surface area contributed by atoms with Crippen molar-refractivity contribution in [3.05, 3.63) is 88.4 Å². The van der Waals surface area contributed by atoms with E-state index in [-0.39, 0.29) is 31.2 Å². The number of carbonyl (C=O) groups is 3. The van der Waals surface area contributed by atoms with E-state index < -0.39 is 36.4 Å². The van der Waals surface area contributed by atoms with Crippen molar-refractivity contribution in [3.63, 3.8) is 0 Å². The fourth-order valence-electron chi connectivity index (χ4n) is 5.04.